The number of nitrogens with zero attached hydrogens (tertiary/aromatic N) is 1. The molecule has 1 rings (SSSR count). The second-order valence-corrected chi connectivity index (χ2v) is 5.34. The molecule has 1 aromatic rings. The van der Waals surface area contributed by atoms with E-state index in [1.807, 2.05) is 33.8 Å². The fraction of sp³-hybridized carbons (Fsp3) is 0.571. The van der Waals surface area contributed by atoms with Crippen molar-refractivity contribution in [3.8, 4) is 0 Å². The van der Waals surface area contributed by atoms with E-state index in [1.54, 1.807) is 0 Å². The Morgan fingerprint density at radius 3 is 2.50 bits per heavy atom. The lowest BCUT2D eigenvalue weighted by Crippen LogP contribution is -2.43. The minimum atomic E-state index is -0.873. The van der Waals surface area contributed by atoms with Crippen molar-refractivity contribution in [3.05, 3.63) is 22.5 Å². The Morgan fingerprint density at radius 2 is 2.00 bits per heavy atom. The number of nitrogens with one attached hydrogen (secondary N) is 2. The highest BCUT2D eigenvalue weighted by molar-refractivity contribution is 6.32. The number of pyridine rings is 1. The molecule has 3 N–H and O–H groups in total. The van der Waals surface area contributed by atoms with Gasteiger partial charge >= 0.3 is 6.03 Å². The number of aromatic nitrogens is 1. The first-order valence-corrected chi connectivity index (χ1v) is 7.10. The third-order valence-electron chi connectivity index (χ3n) is 3.43. The number of halogens is 1. The zero-order chi connectivity index (χ0) is 15.3. The summed E-state index contributed by atoms with van der Waals surface area (Å²) >= 11 is 6.02. The molecule has 0 saturated carbocycles. The summed E-state index contributed by atoms with van der Waals surface area (Å²) in [6, 6.07) is 1.44. The molecule has 6 heteroatoms. The van der Waals surface area contributed by atoms with E-state index in [4.69, 9.17) is 11.6 Å². The van der Waals surface area contributed by atoms with Crippen LogP contribution in [0, 0.1) is 13.8 Å². The van der Waals surface area contributed by atoms with Gasteiger partial charge in [-0.15, -0.1) is 0 Å². The van der Waals surface area contributed by atoms with E-state index >= 15 is 0 Å². The van der Waals surface area contributed by atoms with Gasteiger partial charge in [0, 0.05) is 12.2 Å². The Morgan fingerprint density at radius 1 is 1.40 bits per heavy atom. The molecule has 0 radical (unpaired) electrons. The van der Waals surface area contributed by atoms with Gasteiger partial charge in [0.25, 0.3) is 0 Å². The summed E-state index contributed by atoms with van der Waals surface area (Å²) in [5.74, 6) is 0. The van der Waals surface area contributed by atoms with Gasteiger partial charge in [0.1, 0.15) is 0 Å². The SMILES string of the molecule is CCC(O)(CC)CNC(=O)Nc1c(C)cc(C)nc1Cl. The molecule has 2 amide bonds. The first kappa shape index (κ1) is 16.7. The smallest absolute Gasteiger partial charge is 0.319 e. The number of carbonyl (C=O) groups excluding carboxylic acids is 1. The van der Waals surface area contributed by atoms with Crippen LogP contribution in [-0.4, -0.2) is 28.3 Å². The molecule has 0 spiro atoms. The van der Waals surface area contributed by atoms with Crippen molar-refractivity contribution in [2.45, 2.75) is 46.1 Å². The second kappa shape index (κ2) is 6.90. The van der Waals surface area contributed by atoms with E-state index < -0.39 is 11.6 Å². The molecule has 0 saturated heterocycles. The largest absolute Gasteiger partial charge is 0.388 e. The normalized spacial score (nSPS) is 11.3. The minimum Gasteiger partial charge on any atom is -0.388 e. The molecule has 0 aliphatic carbocycles. The number of amides is 2. The molecule has 0 aromatic carbocycles. The summed E-state index contributed by atoms with van der Waals surface area (Å²) < 4.78 is 0. The molecule has 0 fully saturated rings. The van der Waals surface area contributed by atoms with Crippen LogP contribution in [0.4, 0.5) is 10.5 Å². The maximum atomic E-state index is 11.9. The molecule has 112 valence electrons. The van der Waals surface area contributed by atoms with Crippen LogP contribution < -0.4 is 10.6 Å². The minimum absolute atomic E-state index is 0.196. The summed E-state index contributed by atoms with van der Waals surface area (Å²) in [5.41, 5.74) is 1.26. The average molecular weight is 300 g/mol. The van der Waals surface area contributed by atoms with Gasteiger partial charge in [-0.05, 0) is 38.3 Å². The number of aryl methyl sites for hydroxylation is 2. The molecule has 0 bridgehead atoms. The highest BCUT2D eigenvalue weighted by Crippen LogP contribution is 2.24. The van der Waals surface area contributed by atoms with Gasteiger partial charge in [0.15, 0.2) is 5.15 Å². The Hall–Kier alpha value is -1.33. The van der Waals surface area contributed by atoms with Gasteiger partial charge in [0.05, 0.1) is 11.3 Å². The Balaban J connectivity index is 2.68. The van der Waals surface area contributed by atoms with Crippen LogP contribution in [0.15, 0.2) is 6.07 Å². The molecule has 0 aliphatic heterocycles. The highest BCUT2D eigenvalue weighted by atomic mass is 35.5. The lowest BCUT2D eigenvalue weighted by atomic mass is 9.98. The van der Waals surface area contributed by atoms with E-state index in [0.29, 0.717) is 18.5 Å². The molecule has 0 unspecified atom stereocenters. The standard InChI is InChI=1S/C14H22ClN3O2/c1-5-14(20,6-2)8-16-13(19)18-11-9(3)7-10(4)17-12(11)15/h7,20H,5-6,8H2,1-4H3,(H2,16,18,19). The Bertz CT molecular complexity index is 464. The third-order valence-corrected chi connectivity index (χ3v) is 3.71. The lowest BCUT2D eigenvalue weighted by Gasteiger charge is -2.25. The number of rotatable bonds is 5. The number of hydrogen-bond donors (Lipinski definition) is 3. The second-order valence-electron chi connectivity index (χ2n) is 4.99. The van der Waals surface area contributed by atoms with Gasteiger partial charge in [0.2, 0.25) is 0 Å². The zero-order valence-corrected chi connectivity index (χ0v) is 13.1. The van der Waals surface area contributed by atoms with E-state index in [0.717, 1.165) is 11.3 Å². The first-order chi connectivity index (χ1) is 9.31. The van der Waals surface area contributed by atoms with Crippen molar-refractivity contribution in [3.63, 3.8) is 0 Å². The van der Waals surface area contributed by atoms with E-state index in [-0.39, 0.29) is 11.7 Å². The van der Waals surface area contributed by atoms with Gasteiger partial charge in [-0.25, -0.2) is 9.78 Å². The topological polar surface area (TPSA) is 74.2 Å². The Labute approximate surface area is 124 Å². The maximum Gasteiger partial charge on any atom is 0.319 e. The first-order valence-electron chi connectivity index (χ1n) is 6.72. The molecule has 0 aliphatic rings. The summed E-state index contributed by atoms with van der Waals surface area (Å²) in [6.07, 6.45) is 1.16. The predicted octanol–water partition coefficient (Wildman–Crippen LogP) is 3.02. The average Bonchev–Trinajstić information content (AvgIpc) is 2.40. The van der Waals surface area contributed by atoms with Crippen molar-refractivity contribution in [2.75, 3.05) is 11.9 Å². The van der Waals surface area contributed by atoms with Crippen LogP contribution in [-0.2, 0) is 0 Å². The van der Waals surface area contributed by atoms with E-state index in [9.17, 15) is 9.90 Å². The quantitative estimate of drug-likeness (QED) is 0.732. The molecule has 1 aromatic heterocycles. The summed E-state index contributed by atoms with van der Waals surface area (Å²) in [5, 5.41) is 15.7. The van der Waals surface area contributed by atoms with Crippen molar-refractivity contribution < 1.29 is 9.90 Å². The molecular weight excluding hydrogens is 278 g/mol. The van der Waals surface area contributed by atoms with Crippen LogP contribution in [0.5, 0.6) is 0 Å². The molecule has 1 heterocycles. The van der Waals surface area contributed by atoms with Crippen LogP contribution in [0.1, 0.15) is 37.9 Å². The van der Waals surface area contributed by atoms with Crippen molar-refractivity contribution >= 4 is 23.3 Å². The molecule has 20 heavy (non-hydrogen) atoms. The van der Waals surface area contributed by atoms with Crippen LogP contribution in [0.25, 0.3) is 0 Å². The van der Waals surface area contributed by atoms with Gasteiger partial charge in [-0.1, -0.05) is 25.4 Å². The number of hydrogen-bond acceptors (Lipinski definition) is 3. The van der Waals surface area contributed by atoms with Gasteiger partial charge in [-0.3, -0.25) is 0 Å². The summed E-state index contributed by atoms with van der Waals surface area (Å²) in [7, 11) is 0. The number of carbonyl (C=O) groups is 1. The summed E-state index contributed by atoms with van der Waals surface area (Å²) in [4.78, 5) is 16.0. The van der Waals surface area contributed by atoms with Crippen LogP contribution >= 0.6 is 11.6 Å². The van der Waals surface area contributed by atoms with Crippen LogP contribution in [0.3, 0.4) is 0 Å². The number of anilines is 1. The third kappa shape index (κ3) is 4.35. The van der Waals surface area contributed by atoms with Crippen LogP contribution in [0.2, 0.25) is 5.15 Å². The number of aliphatic hydroxyl groups is 1. The fourth-order valence-electron chi connectivity index (χ4n) is 1.84. The van der Waals surface area contributed by atoms with Gasteiger partial charge in [-0.2, -0.15) is 0 Å². The molecule has 0 atom stereocenters. The summed E-state index contributed by atoms with van der Waals surface area (Å²) in [6.45, 7) is 7.65. The van der Waals surface area contributed by atoms with E-state index in [2.05, 4.69) is 15.6 Å². The Kier molecular flexibility index (Phi) is 5.77. The fourth-order valence-corrected chi connectivity index (χ4v) is 2.17. The zero-order valence-electron chi connectivity index (χ0n) is 12.4. The maximum absolute atomic E-state index is 11.9. The lowest BCUT2D eigenvalue weighted by molar-refractivity contribution is 0.0354. The predicted molar refractivity (Wildman–Crippen MR) is 81.3 cm³/mol. The van der Waals surface area contributed by atoms with Gasteiger partial charge < -0.3 is 15.7 Å². The van der Waals surface area contributed by atoms with Crippen molar-refractivity contribution in [2.24, 2.45) is 0 Å². The monoisotopic (exact) mass is 299 g/mol. The highest BCUT2D eigenvalue weighted by Gasteiger charge is 2.23. The van der Waals surface area contributed by atoms with Crippen molar-refractivity contribution in [1.82, 2.24) is 10.3 Å². The van der Waals surface area contributed by atoms with E-state index in [1.165, 1.54) is 0 Å². The molecule has 5 nitrogen and oxygen atoms in total. The van der Waals surface area contributed by atoms with Crippen molar-refractivity contribution in [1.29, 1.82) is 0 Å². The molecular formula is C14H22ClN3O2. The number of urea groups is 1.